The zero-order chi connectivity index (χ0) is 10.5. The van der Waals surface area contributed by atoms with Gasteiger partial charge in [0.15, 0.2) is 0 Å². The van der Waals surface area contributed by atoms with E-state index in [-0.39, 0.29) is 0 Å². The van der Waals surface area contributed by atoms with E-state index in [9.17, 15) is 0 Å². The van der Waals surface area contributed by atoms with E-state index in [1.165, 1.54) is 28.0 Å². The number of anilines is 2. The second-order valence-electron chi connectivity index (χ2n) is 4.07. The lowest BCUT2D eigenvalue weighted by Crippen LogP contribution is -2.05. The van der Waals surface area contributed by atoms with E-state index in [4.69, 9.17) is 0 Å². The van der Waals surface area contributed by atoms with Crippen LogP contribution in [0.5, 0.6) is 0 Å². The van der Waals surface area contributed by atoms with Crippen LogP contribution >= 0.6 is 0 Å². The number of hydrogen-bond acceptors (Lipinski definition) is 1. The Labute approximate surface area is 93.1 Å². The van der Waals surface area contributed by atoms with Crippen molar-refractivity contribution in [2.24, 2.45) is 0 Å². The van der Waals surface area contributed by atoms with Gasteiger partial charge in [-0.05, 0) is 24.3 Å². The van der Waals surface area contributed by atoms with Gasteiger partial charge in [-0.3, -0.25) is 0 Å². The summed E-state index contributed by atoms with van der Waals surface area (Å²) in [6.07, 6.45) is 2.13. The summed E-state index contributed by atoms with van der Waals surface area (Å²) in [7, 11) is 0. The molecular formula is C14H10N2. The summed E-state index contributed by atoms with van der Waals surface area (Å²) >= 11 is 0. The largest absolute Gasteiger partial charge is 0.352 e. The predicted molar refractivity (Wildman–Crippen MR) is 66.6 cm³/mol. The lowest BCUT2D eigenvalue weighted by molar-refractivity contribution is 1.11. The van der Waals surface area contributed by atoms with E-state index in [2.05, 4.69) is 64.6 Å². The Kier molecular flexibility index (Phi) is 1.33. The van der Waals surface area contributed by atoms with Gasteiger partial charge in [-0.25, -0.2) is 0 Å². The van der Waals surface area contributed by atoms with Gasteiger partial charge in [-0.15, -0.1) is 0 Å². The molecule has 0 atom stereocenters. The van der Waals surface area contributed by atoms with Gasteiger partial charge in [0, 0.05) is 11.6 Å². The summed E-state index contributed by atoms with van der Waals surface area (Å²) in [6.45, 7) is 0. The van der Waals surface area contributed by atoms with E-state index in [1.54, 1.807) is 0 Å². The molecule has 0 unspecified atom stereocenters. The third-order valence-corrected chi connectivity index (χ3v) is 3.14. The predicted octanol–water partition coefficient (Wildman–Crippen LogP) is 3.69. The molecule has 0 radical (unpaired) electrons. The van der Waals surface area contributed by atoms with Gasteiger partial charge >= 0.3 is 0 Å². The molecule has 1 aliphatic heterocycles. The molecule has 0 spiro atoms. The molecule has 4 rings (SSSR count). The Morgan fingerprint density at radius 2 is 1.69 bits per heavy atom. The fraction of sp³-hybridized carbons (Fsp3) is 0. The van der Waals surface area contributed by atoms with Crippen molar-refractivity contribution in [2.75, 3.05) is 5.32 Å². The fourth-order valence-corrected chi connectivity index (χ4v) is 2.43. The molecule has 0 fully saturated rings. The maximum absolute atomic E-state index is 3.47. The van der Waals surface area contributed by atoms with Crippen molar-refractivity contribution < 1.29 is 0 Å². The second kappa shape index (κ2) is 2.67. The minimum Gasteiger partial charge on any atom is -0.352 e. The van der Waals surface area contributed by atoms with Crippen LogP contribution in [0.1, 0.15) is 0 Å². The first-order chi connectivity index (χ1) is 7.93. The summed E-state index contributed by atoms with van der Waals surface area (Å²) in [5.74, 6) is 0. The first-order valence-corrected chi connectivity index (χ1v) is 5.40. The highest BCUT2D eigenvalue weighted by Gasteiger charge is 2.15. The van der Waals surface area contributed by atoms with Crippen LogP contribution in [0, 0.1) is 0 Å². The standard InChI is InChI=1S/C14H10N2/c1-2-7-13-11(5-1)15-12-6-3-4-10-8-9-16(13)14(10)12/h1-9,15H. The summed E-state index contributed by atoms with van der Waals surface area (Å²) in [5, 5.41) is 4.75. The molecule has 1 N–H and O–H groups in total. The molecule has 3 aromatic rings. The molecular weight excluding hydrogens is 196 g/mol. The summed E-state index contributed by atoms with van der Waals surface area (Å²) in [5.41, 5.74) is 4.83. The molecule has 0 saturated heterocycles. The van der Waals surface area contributed by atoms with Crippen molar-refractivity contribution in [3.8, 4) is 5.69 Å². The van der Waals surface area contributed by atoms with Crippen LogP contribution in [0.15, 0.2) is 54.7 Å². The smallest absolute Gasteiger partial charge is 0.0765 e. The summed E-state index contributed by atoms with van der Waals surface area (Å²) in [6, 6.07) is 16.9. The van der Waals surface area contributed by atoms with E-state index in [0.717, 1.165) is 0 Å². The highest BCUT2D eigenvalue weighted by Crippen LogP contribution is 2.37. The summed E-state index contributed by atoms with van der Waals surface area (Å²) < 4.78 is 2.25. The molecule has 1 aromatic heterocycles. The quantitative estimate of drug-likeness (QED) is 0.464. The first-order valence-electron chi connectivity index (χ1n) is 5.40. The highest BCUT2D eigenvalue weighted by atomic mass is 15.1. The molecule has 2 heteroatoms. The Morgan fingerprint density at radius 3 is 2.69 bits per heavy atom. The van der Waals surface area contributed by atoms with Crippen LogP contribution in [-0.2, 0) is 0 Å². The van der Waals surface area contributed by atoms with Gasteiger partial charge in [-0.1, -0.05) is 24.3 Å². The third-order valence-electron chi connectivity index (χ3n) is 3.14. The maximum Gasteiger partial charge on any atom is 0.0765 e. The number of nitrogens with zero attached hydrogens (tertiary/aromatic N) is 1. The van der Waals surface area contributed by atoms with Crippen molar-refractivity contribution in [3.63, 3.8) is 0 Å². The third kappa shape index (κ3) is 0.865. The number of para-hydroxylation sites is 3. The number of benzene rings is 2. The molecule has 76 valence electrons. The Morgan fingerprint density at radius 1 is 0.812 bits per heavy atom. The lowest BCUT2D eigenvalue weighted by Gasteiger charge is -2.21. The van der Waals surface area contributed by atoms with Crippen molar-refractivity contribution >= 4 is 22.3 Å². The molecule has 0 amide bonds. The molecule has 0 aliphatic carbocycles. The van der Waals surface area contributed by atoms with Crippen molar-refractivity contribution in [1.82, 2.24) is 4.57 Å². The fourth-order valence-electron chi connectivity index (χ4n) is 2.43. The average molecular weight is 206 g/mol. The van der Waals surface area contributed by atoms with E-state index >= 15 is 0 Å². The van der Waals surface area contributed by atoms with E-state index < -0.39 is 0 Å². The molecule has 0 saturated carbocycles. The van der Waals surface area contributed by atoms with Crippen molar-refractivity contribution in [3.05, 3.63) is 54.7 Å². The highest BCUT2D eigenvalue weighted by molar-refractivity contribution is 5.98. The first kappa shape index (κ1) is 7.99. The van der Waals surface area contributed by atoms with Crippen molar-refractivity contribution in [2.45, 2.75) is 0 Å². The Bertz CT molecular complexity index is 695. The van der Waals surface area contributed by atoms with Crippen LogP contribution in [0.4, 0.5) is 11.4 Å². The normalized spacial score (nSPS) is 12.2. The second-order valence-corrected chi connectivity index (χ2v) is 4.07. The average Bonchev–Trinajstić information content (AvgIpc) is 2.76. The molecule has 2 nitrogen and oxygen atoms in total. The zero-order valence-corrected chi connectivity index (χ0v) is 8.64. The van der Waals surface area contributed by atoms with Gasteiger partial charge < -0.3 is 9.88 Å². The molecule has 16 heavy (non-hydrogen) atoms. The molecule has 2 heterocycles. The number of nitrogens with one attached hydrogen (secondary N) is 1. The number of hydrogen-bond donors (Lipinski definition) is 1. The van der Waals surface area contributed by atoms with Gasteiger partial charge in [0.05, 0.1) is 22.6 Å². The summed E-state index contributed by atoms with van der Waals surface area (Å²) in [4.78, 5) is 0. The Hall–Kier alpha value is -2.22. The SMILES string of the molecule is c1ccc2c(c1)Nc1cccc3ccn-2c13. The van der Waals surface area contributed by atoms with Crippen LogP contribution in [0.3, 0.4) is 0 Å². The topological polar surface area (TPSA) is 17.0 Å². The van der Waals surface area contributed by atoms with Crippen LogP contribution in [-0.4, -0.2) is 4.57 Å². The zero-order valence-electron chi connectivity index (χ0n) is 8.64. The lowest BCUT2D eigenvalue weighted by atomic mass is 10.1. The molecule has 0 bridgehead atoms. The van der Waals surface area contributed by atoms with Gasteiger partial charge in [0.2, 0.25) is 0 Å². The van der Waals surface area contributed by atoms with E-state index in [1.807, 2.05) is 0 Å². The van der Waals surface area contributed by atoms with Crippen LogP contribution < -0.4 is 5.32 Å². The number of fused-ring (bicyclic) bond motifs is 2. The Balaban J connectivity index is 2.21. The minimum absolute atomic E-state index is 1.17. The monoisotopic (exact) mass is 206 g/mol. The molecule has 2 aromatic carbocycles. The van der Waals surface area contributed by atoms with Crippen LogP contribution in [0.25, 0.3) is 16.6 Å². The molecule has 1 aliphatic rings. The minimum atomic E-state index is 1.17. The number of rotatable bonds is 0. The van der Waals surface area contributed by atoms with Crippen molar-refractivity contribution in [1.29, 1.82) is 0 Å². The number of aromatic nitrogens is 1. The van der Waals surface area contributed by atoms with Gasteiger partial charge in [0.25, 0.3) is 0 Å². The maximum atomic E-state index is 3.47. The van der Waals surface area contributed by atoms with Crippen LogP contribution in [0.2, 0.25) is 0 Å². The van der Waals surface area contributed by atoms with E-state index in [0.29, 0.717) is 0 Å². The van der Waals surface area contributed by atoms with Gasteiger partial charge in [-0.2, -0.15) is 0 Å². The van der Waals surface area contributed by atoms with Gasteiger partial charge in [0.1, 0.15) is 0 Å².